The zero-order chi connectivity index (χ0) is 13.8. The number of rotatable bonds is 4. The van der Waals surface area contributed by atoms with Crippen molar-refractivity contribution in [1.29, 1.82) is 0 Å². The highest BCUT2D eigenvalue weighted by atomic mass is 16.2. The molecular weight excluding hydrogens is 246 g/mol. The van der Waals surface area contributed by atoms with Gasteiger partial charge in [-0.15, -0.1) is 10.2 Å². The van der Waals surface area contributed by atoms with E-state index < -0.39 is 0 Å². The van der Waals surface area contributed by atoms with Crippen molar-refractivity contribution < 1.29 is 4.79 Å². The summed E-state index contributed by atoms with van der Waals surface area (Å²) in [5.74, 6) is 0.404. The number of aromatic amines is 1. The van der Waals surface area contributed by atoms with Crippen molar-refractivity contribution in [2.24, 2.45) is 0 Å². The minimum Gasteiger partial charge on any atom is -0.399 e. The maximum Gasteiger partial charge on any atom is 0.255 e. The van der Waals surface area contributed by atoms with E-state index in [9.17, 15) is 4.79 Å². The highest BCUT2D eigenvalue weighted by Gasteiger charge is 2.13. The van der Waals surface area contributed by atoms with E-state index in [2.05, 4.69) is 25.9 Å². The van der Waals surface area contributed by atoms with E-state index in [0.717, 1.165) is 0 Å². The minimum atomic E-state index is -0.101. The zero-order valence-corrected chi connectivity index (χ0v) is 10.7. The summed E-state index contributed by atoms with van der Waals surface area (Å²) in [5.41, 5.74) is 7.50. The predicted molar refractivity (Wildman–Crippen MR) is 70.4 cm³/mol. The van der Waals surface area contributed by atoms with Crippen molar-refractivity contribution >= 4 is 17.3 Å². The predicted octanol–water partition coefficient (Wildman–Crippen LogP) is 0.0958. The van der Waals surface area contributed by atoms with E-state index in [-0.39, 0.29) is 5.91 Å². The fraction of sp³-hybridized carbons (Fsp3) is 0.273. The van der Waals surface area contributed by atoms with Gasteiger partial charge in [0.05, 0.1) is 12.1 Å². The van der Waals surface area contributed by atoms with Crippen molar-refractivity contribution in [2.75, 3.05) is 25.1 Å². The highest BCUT2D eigenvalue weighted by molar-refractivity contribution is 5.99. The van der Waals surface area contributed by atoms with Gasteiger partial charge in [0.15, 0.2) is 5.82 Å². The van der Waals surface area contributed by atoms with Gasteiger partial charge in [0.25, 0.3) is 5.91 Å². The molecular formula is C11H15N7O. The second-order valence-electron chi connectivity index (χ2n) is 4.19. The smallest absolute Gasteiger partial charge is 0.255 e. The molecule has 8 nitrogen and oxygen atoms in total. The number of aromatic nitrogens is 4. The van der Waals surface area contributed by atoms with E-state index in [1.54, 1.807) is 32.3 Å². The largest absolute Gasteiger partial charge is 0.399 e. The Kier molecular flexibility index (Phi) is 3.60. The van der Waals surface area contributed by atoms with Crippen LogP contribution in [0.15, 0.2) is 18.2 Å². The molecule has 0 aliphatic rings. The number of hydrogen-bond donors (Lipinski definition) is 3. The van der Waals surface area contributed by atoms with Gasteiger partial charge in [-0.1, -0.05) is 5.21 Å². The number of nitrogen functional groups attached to an aromatic ring is 1. The average molecular weight is 261 g/mol. The first-order chi connectivity index (χ1) is 9.08. The molecule has 2 rings (SSSR count). The maximum absolute atomic E-state index is 12.0. The molecule has 1 amide bonds. The molecule has 1 heterocycles. The molecule has 0 saturated carbocycles. The molecule has 0 spiro atoms. The summed E-state index contributed by atoms with van der Waals surface area (Å²) >= 11 is 0. The Labute approximate surface area is 110 Å². The van der Waals surface area contributed by atoms with E-state index in [1.165, 1.54) is 4.90 Å². The van der Waals surface area contributed by atoms with Crippen molar-refractivity contribution in [3.05, 3.63) is 29.6 Å². The first-order valence-electron chi connectivity index (χ1n) is 5.65. The number of carbonyl (C=O) groups excluding carboxylic acids is 1. The molecule has 0 aliphatic carbocycles. The number of nitrogens with zero attached hydrogens (tertiary/aromatic N) is 4. The average Bonchev–Trinajstić information content (AvgIpc) is 2.88. The highest BCUT2D eigenvalue weighted by Crippen LogP contribution is 2.20. The van der Waals surface area contributed by atoms with Crippen LogP contribution in [0, 0.1) is 0 Å². The SMILES string of the molecule is CN(C)C(=O)c1ccc(N)cc1NCc1nn[nH]n1. The van der Waals surface area contributed by atoms with Crippen LogP contribution in [0.2, 0.25) is 0 Å². The van der Waals surface area contributed by atoms with Crippen LogP contribution in [-0.2, 0) is 6.54 Å². The normalized spacial score (nSPS) is 10.2. The van der Waals surface area contributed by atoms with E-state index >= 15 is 0 Å². The zero-order valence-electron chi connectivity index (χ0n) is 10.7. The lowest BCUT2D eigenvalue weighted by molar-refractivity contribution is 0.0828. The summed E-state index contributed by atoms with van der Waals surface area (Å²) in [6.07, 6.45) is 0. The van der Waals surface area contributed by atoms with Crippen LogP contribution in [0.4, 0.5) is 11.4 Å². The molecule has 19 heavy (non-hydrogen) atoms. The number of H-pyrrole nitrogens is 1. The van der Waals surface area contributed by atoms with Gasteiger partial charge in [-0.25, -0.2) is 0 Å². The number of tetrazole rings is 1. The van der Waals surface area contributed by atoms with E-state index in [0.29, 0.717) is 29.3 Å². The van der Waals surface area contributed by atoms with Gasteiger partial charge < -0.3 is 16.0 Å². The Bertz CT molecular complexity index is 564. The quantitative estimate of drug-likeness (QED) is 0.672. The molecule has 0 unspecified atom stereocenters. The Balaban J connectivity index is 2.22. The number of amides is 1. The standard InChI is InChI=1S/C11H15N7O/c1-18(2)11(19)8-4-3-7(12)5-9(8)13-6-10-14-16-17-15-10/h3-5,13H,6,12H2,1-2H3,(H,14,15,16,17). The third-order valence-electron chi connectivity index (χ3n) is 2.51. The molecule has 0 radical (unpaired) electrons. The fourth-order valence-electron chi connectivity index (χ4n) is 1.57. The van der Waals surface area contributed by atoms with Crippen LogP contribution in [0.3, 0.4) is 0 Å². The van der Waals surface area contributed by atoms with Gasteiger partial charge in [0, 0.05) is 25.5 Å². The molecule has 8 heteroatoms. The molecule has 4 N–H and O–H groups in total. The number of carbonyl (C=O) groups is 1. The van der Waals surface area contributed by atoms with Gasteiger partial charge in [-0.2, -0.15) is 5.21 Å². The van der Waals surface area contributed by atoms with Crippen molar-refractivity contribution in [3.8, 4) is 0 Å². The second-order valence-corrected chi connectivity index (χ2v) is 4.19. The number of benzene rings is 1. The summed E-state index contributed by atoms with van der Waals surface area (Å²) in [6, 6.07) is 5.09. The van der Waals surface area contributed by atoms with Gasteiger partial charge >= 0.3 is 0 Å². The first-order valence-corrected chi connectivity index (χ1v) is 5.65. The Morgan fingerprint density at radius 1 is 1.47 bits per heavy atom. The van der Waals surface area contributed by atoms with Crippen LogP contribution < -0.4 is 11.1 Å². The van der Waals surface area contributed by atoms with Gasteiger partial charge in [0.2, 0.25) is 0 Å². The topological polar surface area (TPSA) is 113 Å². The van der Waals surface area contributed by atoms with E-state index in [4.69, 9.17) is 5.73 Å². The number of nitrogens with one attached hydrogen (secondary N) is 2. The molecule has 0 atom stereocenters. The molecule has 0 aliphatic heterocycles. The number of nitrogens with two attached hydrogens (primary N) is 1. The maximum atomic E-state index is 12.0. The molecule has 2 aromatic rings. The fourth-order valence-corrected chi connectivity index (χ4v) is 1.57. The molecule has 1 aromatic carbocycles. The van der Waals surface area contributed by atoms with Crippen molar-refractivity contribution in [2.45, 2.75) is 6.54 Å². The lowest BCUT2D eigenvalue weighted by Crippen LogP contribution is -2.23. The minimum absolute atomic E-state index is 0.101. The lowest BCUT2D eigenvalue weighted by atomic mass is 10.1. The summed E-state index contributed by atoms with van der Waals surface area (Å²) in [5, 5.41) is 16.6. The molecule has 100 valence electrons. The Morgan fingerprint density at radius 2 is 2.26 bits per heavy atom. The van der Waals surface area contributed by atoms with Gasteiger partial charge in [-0.05, 0) is 18.2 Å². The third kappa shape index (κ3) is 2.97. The van der Waals surface area contributed by atoms with Crippen LogP contribution >= 0.6 is 0 Å². The van der Waals surface area contributed by atoms with Crippen molar-refractivity contribution in [1.82, 2.24) is 25.5 Å². The summed E-state index contributed by atoms with van der Waals surface area (Å²) < 4.78 is 0. The van der Waals surface area contributed by atoms with Crippen LogP contribution in [0.5, 0.6) is 0 Å². The van der Waals surface area contributed by atoms with Crippen LogP contribution in [0.25, 0.3) is 0 Å². The van der Waals surface area contributed by atoms with Crippen LogP contribution in [0.1, 0.15) is 16.2 Å². The lowest BCUT2D eigenvalue weighted by Gasteiger charge is -2.15. The summed E-state index contributed by atoms with van der Waals surface area (Å²) in [4.78, 5) is 13.5. The molecule has 1 aromatic heterocycles. The summed E-state index contributed by atoms with van der Waals surface area (Å²) in [6.45, 7) is 0.355. The van der Waals surface area contributed by atoms with Crippen LogP contribution in [-0.4, -0.2) is 45.5 Å². The number of hydrogen-bond acceptors (Lipinski definition) is 6. The molecule has 0 fully saturated rings. The number of anilines is 2. The summed E-state index contributed by atoms with van der Waals surface area (Å²) in [7, 11) is 3.39. The third-order valence-corrected chi connectivity index (χ3v) is 2.51. The van der Waals surface area contributed by atoms with E-state index in [1.807, 2.05) is 0 Å². The second kappa shape index (κ2) is 5.34. The Hall–Kier alpha value is -2.64. The first kappa shape index (κ1) is 12.8. The van der Waals surface area contributed by atoms with Crippen molar-refractivity contribution in [3.63, 3.8) is 0 Å². The molecule has 0 saturated heterocycles. The Morgan fingerprint density at radius 3 is 2.89 bits per heavy atom. The molecule has 0 bridgehead atoms. The monoisotopic (exact) mass is 261 g/mol. The van der Waals surface area contributed by atoms with Gasteiger partial charge in [-0.3, -0.25) is 4.79 Å². The van der Waals surface area contributed by atoms with Gasteiger partial charge in [0.1, 0.15) is 0 Å².